The van der Waals surface area contributed by atoms with Crippen molar-refractivity contribution in [2.75, 3.05) is 43.2 Å². The Labute approximate surface area is 192 Å². The predicted octanol–water partition coefficient (Wildman–Crippen LogP) is 1.87. The number of rotatable bonds is 10. The highest BCUT2D eigenvalue weighted by molar-refractivity contribution is 6.06. The second-order valence-corrected chi connectivity index (χ2v) is 9.41. The van der Waals surface area contributed by atoms with E-state index in [1.807, 2.05) is 24.3 Å². The molecule has 6 rings (SSSR count). The lowest BCUT2D eigenvalue weighted by Gasteiger charge is -2.19. The first-order chi connectivity index (χ1) is 16.0. The van der Waals surface area contributed by atoms with Crippen LogP contribution >= 0.6 is 0 Å². The summed E-state index contributed by atoms with van der Waals surface area (Å²) >= 11 is 0. The quantitative estimate of drug-likeness (QED) is 0.371. The third-order valence-electron chi connectivity index (χ3n) is 6.76. The van der Waals surface area contributed by atoms with Gasteiger partial charge in [0.05, 0.1) is 50.8 Å². The van der Waals surface area contributed by atoms with Crippen LogP contribution in [0.4, 0.5) is 17.1 Å². The maximum atomic E-state index is 13.6. The fourth-order valence-electron chi connectivity index (χ4n) is 4.54. The summed E-state index contributed by atoms with van der Waals surface area (Å²) in [5, 5.41) is 3.17. The number of hydrogen-bond donors (Lipinski definition) is 3. The number of nitrogens with two attached hydrogens (primary N) is 2. The second kappa shape index (κ2) is 8.29. The molecule has 2 aromatic carbocycles. The minimum atomic E-state index is -0.153. The molecule has 1 amide bonds. The Morgan fingerprint density at radius 3 is 1.64 bits per heavy atom. The fraction of sp³-hybridized carbons (Fsp3) is 0.480. The van der Waals surface area contributed by atoms with E-state index in [4.69, 9.17) is 30.4 Å². The van der Waals surface area contributed by atoms with E-state index in [0.717, 1.165) is 66.3 Å². The maximum absolute atomic E-state index is 13.6. The normalized spacial score (nSPS) is 26.7. The number of nitrogen functional groups attached to an aromatic ring is 2. The molecule has 0 bridgehead atoms. The van der Waals surface area contributed by atoms with Gasteiger partial charge in [-0.2, -0.15) is 0 Å². The number of anilines is 3. The number of hydrogen-bond acceptors (Lipinski definition) is 7. The van der Waals surface area contributed by atoms with Crippen molar-refractivity contribution < 1.29 is 23.7 Å². The van der Waals surface area contributed by atoms with Gasteiger partial charge in [0.25, 0.3) is 5.91 Å². The van der Waals surface area contributed by atoms with E-state index in [1.54, 1.807) is 0 Å². The SMILES string of the molecule is Nc1ccc(NC(=O)c2ccc(N)c(CC3CO3)c2CC2CO2)c(CC2CO2)c1CC1CO1. The van der Waals surface area contributed by atoms with E-state index in [0.29, 0.717) is 30.7 Å². The third-order valence-corrected chi connectivity index (χ3v) is 6.76. The molecule has 0 aromatic heterocycles. The minimum Gasteiger partial charge on any atom is -0.398 e. The first kappa shape index (κ1) is 20.9. The van der Waals surface area contributed by atoms with Gasteiger partial charge in [-0.05, 0) is 46.5 Å². The Morgan fingerprint density at radius 1 is 0.697 bits per heavy atom. The van der Waals surface area contributed by atoms with Crippen molar-refractivity contribution in [3.05, 3.63) is 52.1 Å². The first-order valence-electron chi connectivity index (χ1n) is 11.6. The number of carbonyl (C=O) groups excluding carboxylic acids is 1. The van der Waals surface area contributed by atoms with Crippen molar-refractivity contribution in [1.29, 1.82) is 0 Å². The Balaban J connectivity index is 1.33. The summed E-state index contributed by atoms with van der Waals surface area (Å²) in [7, 11) is 0. The summed E-state index contributed by atoms with van der Waals surface area (Å²) in [6.07, 6.45) is 3.54. The van der Waals surface area contributed by atoms with Gasteiger partial charge in [0, 0.05) is 48.3 Å². The molecule has 4 aliphatic rings. The van der Waals surface area contributed by atoms with E-state index >= 15 is 0 Å². The van der Waals surface area contributed by atoms with E-state index in [2.05, 4.69) is 5.32 Å². The van der Waals surface area contributed by atoms with Gasteiger partial charge in [0.15, 0.2) is 0 Å². The molecular formula is C25H29N3O5. The number of epoxide rings is 4. The summed E-state index contributed by atoms with van der Waals surface area (Å²) in [6.45, 7) is 2.94. The van der Waals surface area contributed by atoms with Crippen LogP contribution in [0.5, 0.6) is 0 Å². The molecule has 4 aliphatic heterocycles. The van der Waals surface area contributed by atoms with Gasteiger partial charge >= 0.3 is 0 Å². The molecular weight excluding hydrogens is 422 g/mol. The van der Waals surface area contributed by atoms with Gasteiger partial charge < -0.3 is 35.7 Å². The maximum Gasteiger partial charge on any atom is 0.255 e. The smallest absolute Gasteiger partial charge is 0.255 e. The van der Waals surface area contributed by atoms with Gasteiger partial charge in [-0.15, -0.1) is 0 Å². The number of carbonyl (C=O) groups is 1. The number of ether oxygens (including phenoxy) is 4. The molecule has 4 atom stereocenters. The molecule has 4 fully saturated rings. The number of nitrogens with one attached hydrogen (secondary N) is 1. The average molecular weight is 452 g/mol. The lowest BCUT2D eigenvalue weighted by molar-refractivity contribution is 0.102. The van der Waals surface area contributed by atoms with Gasteiger partial charge in [-0.1, -0.05) is 0 Å². The molecule has 174 valence electrons. The Kier molecular flexibility index (Phi) is 5.25. The van der Waals surface area contributed by atoms with Crippen LogP contribution in [0.25, 0.3) is 0 Å². The molecule has 4 saturated heterocycles. The standard InChI is InChI=1S/C25H29N3O5/c26-22-2-1-17(18(5-13-9-30-13)19(22)6-14-10-31-14)25(29)28-24-4-3-23(27)20(7-15-11-32-15)21(24)8-16-12-33-16/h1-4,13-16H,5-12,26-27H2,(H,28,29). The summed E-state index contributed by atoms with van der Waals surface area (Å²) in [6, 6.07) is 7.39. The van der Waals surface area contributed by atoms with Gasteiger partial charge in [-0.3, -0.25) is 4.79 Å². The van der Waals surface area contributed by atoms with Crippen molar-refractivity contribution in [2.24, 2.45) is 0 Å². The zero-order valence-corrected chi connectivity index (χ0v) is 18.5. The summed E-state index contributed by atoms with van der Waals surface area (Å²) in [5.74, 6) is -0.153. The zero-order valence-electron chi connectivity index (χ0n) is 18.5. The van der Waals surface area contributed by atoms with Gasteiger partial charge in [0.1, 0.15) is 0 Å². The van der Waals surface area contributed by atoms with E-state index < -0.39 is 0 Å². The molecule has 0 spiro atoms. The molecule has 4 unspecified atom stereocenters. The van der Waals surface area contributed by atoms with Gasteiger partial charge in [-0.25, -0.2) is 0 Å². The van der Waals surface area contributed by atoms with Crippen LogP contribution in [0.15, 0.2) is 24.3 Å². The van der Waals surface area contributed by atoms with Crippen LogP contribution in [0.3, 0.4) is 0 Å². The predicted molar refractivity (Wildman–Crippen MR) is 123 cm³/mol. The molecule has 33 heavy (non-hydrogen) atoms. The molecule has 0 radical (unpaired) electrons. The lowest BCUT2D eigenvalue weighted by atomic mass is 9.91. The van der Waals surface area contributed by atoms with E-state index in [-0.39, 0.29) is 30.3 Å². The van der Waals surface area contributed by atoms with Gasteiger partial charge in [0.2, 0.25) is 0 Å². The minimum absolute atomic E-state index is 0.140. The summed E-state index contributed by atoms with van der Waals surface area (Å²) in [4.78, 5) is 13.6. The lowest BCUT2D eigenvalue weighted by Crippen LogP contribution is -2.20. The highest BCUT2D eigenvalue weighted by Gasteiger charge is 2.33. The highest BCUT2D eigenvalue weighted by atomic mass is 16.6. The molecule has 0 aliphatic carbocycles. The third kappa shape index (κ3) is 4.84. The molecule has 5 N–H and O–H groups in total. The van der Waals surface area contributed by atoms with Crippen LogP contribution in [0.1, 0.15) is 32.6 Å². The Bertz CT molecular complexity index is 1090. The average Bonchev–Trinajstić information content (AvgIpc) is 3.60. The second-order valence-electron chi connectivity index (χ2n) is 9.41. The van der Waals surface area contributed by atoms with Crippen molar-refractivity contribution in [3.63, 3.8) is 0 Å². The summed E-state index contributed by atoms with van der Waals surface area (Å²) < 4.78 is 21.9. The zero-order chi connectivity index (χ0) is 22.5. The number of amides is 1. The van der Waals surface area contributed by atoms with Crippen LogP contribution in [-0.2, 0) is 44.6 Å². The van der Waals surface area contributed by atoms with Crippen LogP contribution < -0.4 is 16.8 Å². The number of benzene rings is 2. The van der Waals surface area contributed by atoms with Crippen molar-refractivity contribution in [2.45, 2.75) is 50.1 Å². The van der Waals surface area contributed by atoms with E-state index in [1.165, 1.54) is 0 Å². The fourth-order valence-corrected chi connectivity index (χ4v) is 4.54. The Hall–Kier alpha value is -2.65. The van der Waals surface area contributed by atoms with Crippen LogP contribution in [0, 0.1) is 0 Å². The highest BCUT2D eigenvalue weighted by Crippen LogP contribution is 2.34. The van der Waals surface area contributed by atoms with Crippen LogP contribution in [0.2, 0.25) is 0 Å². The van der Waals surface area contributed by atoms with Crippen LogP contribution in [-0.4, -0.2) is 56.8 Å². The largest absolute Gasteiger partial charge is 0.398 e. The first-order valence-corrected chi connectivity index (χ1v) is 11.6. The van der Waals surface area contributed by atoms with Crippen molar-refractivity contribution in [3.8, 4) is 0 Å². The Morgan fingerprint density at radius 2 is 1.12 bits per heavy atom. The van der Waals surface area contributed by atoms with Crippen molar-refractivity contribution in [1.82, 2.24) is 0 Å². The monoisotopic (exact) mass is 451 g/mol. The topological polar surface area (TPSA) is 131 Å². The van der Waals surface area contributed by atoms with E-state index in [9.17, 15) is 4.79 Å². The molecule has 8 heteroatoms. The molecule has 4 heterocycles. The summed E-state index contributed by atoms with van der Waals surface area (Å²) in [5.41, 5.74) is 19.5. The molecule has 8 nitrogen and oxygen atoms in total. The van der Waals surface area contributed by atoms with Crippen molar-refractivity contribution >= 4 is 23.0 Å². The molecule has 0 saturated carbocycles. The molecule has 2 aromatic rings.